The molecule has 0 amide bonds. The standard InChI is InChI=1S/C24H24N4O/c1-2-6-15(7-3-1)21-13-25-24(28-21)20-12-18-17-8-4-5-9-19(17)26-23(18)22(27-20)16-10-11-29-14-16/h1-9,13,16,20,22,26-27H,10-12,14H2,(H,25,28)/t16?,20-,22?/m1/s1. The molecule has 0 saturated carbocycles. The van der Waals surface area contributed by atoms with Crippen molar-refractivity contribution in [2.24, 2.45) is 5.92 Å². The van der Waals surface area contributed by atoms with Gasteiger partial charge in [-0.25, -0.2) is 4.98 Å². The van der Waals surface area contributed by atoms with E-state index in [2.05, 4.69) is 63.8 Å². The summed E-state index contributed by atoms with van der Waals surface area (Å²) in [5.74, 6) is 1.48. The first-order valence-electron chi connectivity index (χ1n) is 10.4. The van der Waals surface area contributed by atoms with Gasteiger partial charge < -0.3 is 14.7 Å². The van der Waals surface area contributed by atoms with Crippen molar-refractivity contribution in [3.8, 4) is 11.3 Å². The van der Waals surface area contributed by atoms with Crippen molar-refractivity contribution in [3.05, 3.63) is 77.9 Å². The van der Waals surface area contributed by atoms with E-state index in [4.69, 9.17) is 9.72 Å². The van der Waals surface area contributed by atoms with Gasteiger partial charge >= 0.3 is 0 Å². The molecule has 0 bridgehead atoms. The smallest absolute Gasteiger partial charge is 0.124 e. The lowest BCUT2D eigenvalue weighted by molar-refractivity contribution is 0.171. The molecule has 0 spiro atoms. The number of rotatable bonds is 3. The highest BCUT2D eigenvalue weighted by Gasteiger charge is 2.37. The summed E-state index contributed by atoms with van der Waals surface area (Å²) >= 11 is 0. The number of hydrogen-bond donors (Lipinski definition) is 3. The van der Waals surface area contributed by atoms with Gasteiger partial charge in [-0.2, -0.15) is 0 Å². The van der Waals surface area contributed by atoms with Crippen molar-refractivity contribution < 1.29 is 4.74 Å². The molecule has 2 aromatic heterocycles. The van der Waals surface area contributed by atoms with E-state index in [1.807, 2.05) is 12.3 Å². The molecule has 5 heteroatoms. The lowest BCUT2D eigenvalue weighted by Gasteiger charge is -2.33. The predicted molar refractivity (Wildman–Crippen MR) is 114 cm³/mol. The number of nitrogens with zero attached hydrogens (tertiary/aromatic N) is 1. The normalized spacial score (nSPS) is 24.1. The van der Waals surface area contributed by atoms with E-state index in [0.29, 0.717) is 5.92 Å². The zero-order chi connectivity index (χ0) is 19.2. The van der Waals surface area contributed by atoms with Gasteiger partial charge in [0.05, 0.1) is 30.6 Å². The van der Waals surface area contributed by atoms with E-state index in [0.717, 1.165) is 43.1 Å². The Labute approximate surface area is 169 Å². The second kappa shape index (κ2) is 6.87. The highest BCUT2D eigenvalue weighted by atomic mass is 16.5. The number of aromatic nitrogens is 3. The van der Waals surface area contributed by atoms with E-state index >= 15 is 0 Å². The summed E-state index contributed by atoms with van der Waals surface area (Å²) in [6.45, 7) is 1.66. The summed E-state index contributed by atoms with van der Waals surface area (Å²) in [6.07, 6.45) is 3.96. The monoisotopic (exact) mass is 384 g/mol. The third kappa shape index (κ3) is 2.89. The molecule has 0 aliphatic carbocycles. The predicted octanol–water partition coefficient (Wildman–Crippen LogP) is 4.52. The Morgan fingerprint density at radius 1 is 0.966 bits per heavy atom. The number of hydrogen-bond acceptors (Lipinski definition) is 3. The average molecular weight is 384 g/mol. The van der Waals surface area contributed by atoms with Crippen LogP contribution in [0.2, 0.25) is 0 Å². The molecular weight excluding hydrogens is 360 g/mol. The molecule has 29 heavy (non-hydrogen) atoms. The van der Waals surface area contributed by atoms with E-state index in [9.17, 15) is 0 Å². The van der Waals surface area contributed by atoms with Crippen LogP contribution in [0.4, 0.5) is 0 Å². The van der Waals surface area contributed by atoms with Crippen LogP contribution in [0.25, 0.3) is 22.2 Å². The van der Waals surface area contributed by atoms with Crippen LogP contribution in [0.1, 0.15) is 35.6 Å². The third-order valence-corrected chi connectivity index (χ3v) is 6.39. The van der Waals surface area contributed by atoms with Crippen LogP contribution in [0.15, 0.2) is 60.8 Å². The fraction of sp³-hybridized carbons (Fsp3) is 0.292. The van der Waals surface area contributed by atoms with Crippen LogP contribution >= 0.6 is 0 Å². The SMILES string of the molecule is c1ccc(-c2cnc([C@H]3Cc4c([nH]c5ccccc45)C(C4CCOC4)N3)[nH]2)cc1. The molecule has 1 fully saturated rings. The fourth-order valence-corrected chi connectivity index (χ4v) is 4.91. The molecule has 5 nitrogen and oxygen atoms in total. The highest BCUT2D eigenvalue weighted by Crippen LogP contribution is 2.41. The number of imidazole rings is 1. The van der Waals surface area contributed by atoms with Gasteiger partial charge in [0.1, 0.15) is 5.82 Å². The van der Waals surface area contributed by atoms with Crippen LogP contribution in [0, 0.1) is 5.92 Å². The van der Waals surface area contributed by atoms with Gasteiger partial charge in [-0.1, -0.05) is 48.5 Å². The summed E-state index contributed by atoms with van der Waals surface area (Å²) in [4.78, 5) is 12.0. The number of para-hydroxylation sites is 1. The van der Waals surface area contributed by atoms with E-state index in [1.165, 1.54) is 22.2 Å². The Morgan fingerprint density at radius 2 is 1.83 bits per heavy atom. The number of aromatic amines is 2. The summed E-state index contributed by atoms with van der Waals surface area (Å²) in [7, 11) is 0. The Morgan fingerprint density at radius 3 is 2.69 bits per heavy atom. The molecule has 4 heterocycles. The van der Waals surface area contributed by atoms with Crippen molar-refractivity contribution in [3.63, 3.8) is 0 Å². The Bertz CT molecular complexity index is 1140. The highest BCUT2D eigenvalue weighted by molar-refractivity contribution is 5.85. The molecule has 146 valence electrons. The first kappa shape index (κ1) is 17.0. The van der Waals surface area contributed by atoms with Gasteiger partial charge in [0.25, 0.3) is 0 Å². The largest absolute Gasteiger partial charge is 0.381 e. The fourth-order valence-electron chi connectivity index (χ4n) is 4.91. The van der Waals surface area contributed by atoms with Crippen molar-refractivity contribution in [1.82, 2.24) is 20.3 Å². The van der Waals surface area contributed by atoms with E-state index in [1.54, 1.807) is 0 Å². The number of nitrogens with one attached hydrogen (secondary N) is 3. The van der Waals surface area contributed by atoms with Gasteiger partial charge in [-0.3, -0.25) is 5.32 Å². The maximum atomic E-state index is 5.73. The third-order valence-electron chi connectivity index (χ3n) is 6.39. The molecule has 2 aliphatic heterocycles. The molecule has 6 rings (SSSR count). The second-order valence-electron chi connectivity index (χ2n) is 8.14. The van der Waals surface area contributed by atoms with E-state index < -0.39 is 0 Å². The molecule has 3 N–H and O–H groups in total. The number of ether oxygens (including phenoxy) is 1. The zero-order valence-corrected chi connectivity index (χ0v) is 16.2. The Balaban J connectivity index is 1.40. The quantitative estimate of drug-likeness (QED) is 0.486. The zero-order valence-electron chi connectivity index (χ0n) is 16.2. The lowest BCUT2D eigenvalue weighted by Crippen LogP contribution is -2.38. The van der Waals surface area contributed by atoms with Crippen LogP contribution in [-0.4, -0.2) is 28.2 Å². The van der Waals surface area contributed by atoms with Gasteiger partial charge in [-0.05, 0) is 30.0 Å². The summed E-state index contributed by atoms with van der Waals surface area (Å²) in [6, 6.07) is 19.4. The molecular formula is C24H24N4O. The summed E-state index contributed by atoms with van der Waals surface area (Å²) in [5, 5.41) is 5.22. The first-order valence-corrected chi connectivity index (χ1v) is 10.4. The summed E-state index contributed by atoms with van der Waals surface area (Å²) in [5.41, 5.74) is 6.18. The van der Waals surface area contributed by atoms with Crippen LogP contribution in [-0.2, 0) is 11.2 Å². The molecule has 4 aromatic rings. The minimum Gasteiger partial charge on any atom is -0.381 e. The minimum absolute atomic E-state index is 0.157. The van der Waals surface area contributed by atoms with Crippen molar-refractivity contribution in [2.75, 3.05) is 13.2 Å². The summed E-state index contributed by atoms with van der Waals surface area (Å²) < 4.78 is 5.73. The molecule has 0 radical (unpaired) electrons. The van der Waals surface area contributed by atoms with Crippen molar-refractivity contribution in [2.45, 2.75) is 24.9 Å². The van der Waals surface area contributed by atoms with Crippen LogP contribution in [0.3, 0.4) is 0 Å². The Hall–Kier alpha value is -2.89. The van der Waals surface area contributed by atoms with E-state index in [-0.39, 0.29) is 12.1 Å². The van der Waals surface area contributed by atoms with Crippen LogP contribution < -0.4 is 5.32 Å². The lowest BCUT2D eigenvalue weighted by atomic mass is 9.86. The molecule has 2 aromatic carbocycles. The van der Waals surface area contributed by atoms with Crippen molar-refractivity contribution >= 4 is 10.9 Å². The average Bonchev–Trinajstić information content (AvgIpc) is 3.53. The molecule has 2 unspecified atom stereocenters. The molecule has 2 aliphatic rings. The van der Waals surface area contributed by atoms with Gasteiger partial charge in [0.15, 0.2) is 0 Å². The number of fused-ring (bicyclic) bond motifs is 3. The first-order chi connectivity index (χ1) is 14.4. The molecule has 1 saturated heterocycles. The topological polar surface area (TPSA) is 65.7 Å². The van der Waals surface area contributed by atoms with Gasteiger partial charge in [0.2, 0.25) is 0 Å². The van der Waals surface area contributed by atoms with Gasteiger partial charge in [0, 0.05) is 29.1 Å². The van der Waals surface area contributed by atoms with Crippen molar-refractivity contribution in [1.29, 1.82) is 0 Å². The number of H-pyrrole nitrogens is 2. The molecule has 3 atom stereocenters. The maximum absolute atomic E-state index is 5.73. The number of benzene rings is 2. The maximum Gasteiger partial charge on any atom is 0.124 e. The Kier molecular flexibility index (Phi) is 4.03. The van der Waals surface area contributed by atoms with Gasteiger partial charge in [-0.15, -0.1) is 0 Å². The van der Waals surface area contributed by atoms with Crippen LogP contribution in [0.5, 0.6) is 0 Å². The second-order valence-corrected chi connectivity index (χ2v) is 8.14. The minimum atomic E-state index is 0.157.